The number of hydrogen-bond acceptors (Lipinski definition) is 4. The second kappa shape index (κ2) is 8.80. The van der Waals surface area contributed by atoms with Crippen LogP contribution in [-0.4, -0.2) is 32.2 Å². The summed E-state index contributed by atoms with van der Waals surface area (Å²) in [5.41, 5.74) is 5.70. The van der Waals surface area contributed by atoms with E-state index in [0.29, 0.717) is 5.56 Å². The average Bonchev–Trinajstić information content (AvgIpc) is 2.76. The fourth-order valence-corrected chi connectivity index (χ4v) is 3.44. The van der Waals surface area contributed by atoms with E-state index in [2.05, 4.69) is 33.7 Å². The Morgan fingerprint density at radius 2 is 1.62 bits per heavy atom. The number of para-hydroxylation sites is 2. The van der Waals surface area contributed by atoms with E-state index in [-0.39, 0.29) is 5.91 Å². The first-order valence-electron chi connectivity index (χ1n) is 9.86. The first-order valence-corrected chi connectivity index (χ1v) is 9.86. The fraction of sp³-hybridized carbons (Fsp3) is 0.208. The van der Waals surface area contributed by atoms with Gasteiger partial charge in [-0.2, -0.15) is 0 Å². The zero-order valence-electron chi connectivity index (χ0n) is 16.5. The highest BCUT2D eigenvalue weighted by Crippen LogP contribution is 2.29. The Morgan fingerprint density at radius 3 is 2.38 bits per heavy atom. The van der Waals surface area contributed by atoms with Gasteiger partial charge in [-0.15, -0.1) is 0 Å². The minimum absolute atomic E-state index is 0.105. The molecule has 0 saturated carbocycles. The minimum Gasteiger partial charge on any atom is -0.378 e. The summed E-state index contributed by atoms with van der Waals surface area (Å²) in [5, 5.41) is 6.45. The lowest BCUT2D eigenvalue weighted by molar-refractivity contribution is 0.102. The first kappa shape index (κ1) is 19.0. The zero-order chi connectivity index (χ0) is 20.1. The molecule has 1 aliphatic rings. The molecule has 1 saturated heterocycles. The van der Waals surface area contributed by atoms with Gasteiger partial charge in [-0.3, -0.25) is 4.79 Å². The molecule has 0 spiro atoms. The summed E-state index contributed by atoms with van der Waals surface area (Å²) >= 11 is 0. The predicted molar refractivity (Wildman–Crippen MR) is 118 cm³/mol. The third-order valence-electron chi connectivity index (χ3n) is 4.96. The number of carbonyl (C=O) groups excluding carboxylic acids is 1. The Bertz CT molecular complexity index is 979. The number of rotatable bonds is 5. The number of nitrogens with zero attached hydrogens (tertiary/aromatic N) is 1. The standard InChI is InChI=1S/C24H25N3O2/c1-18-5-4-6-19(17-18)24(28)26-21-11-9-20(10-12-21)25-22-7-2-3-8-23(22)27-13-15-29-16-14-27/h2-12,17,25H,13-16H2,1H3,(H,26,28). The van der Waals surface area contributed by atoms with Crippen LogP contribution >= 0.6 is 0 Å². The van der Waals surface area contributed by atoms with E-state index < -0.39 is 0 Å². The molecule has 1 fully saturated rings. The van der Waals surface area contributed by atoms with Crippen LogP contribution in [0.1, 0.15) is 15.9 Å². The van der Waals surface area contributed by atoms with Crippen LogP contribution in [0.3, 0.4) is 0 Å². The fourth-order valence-electron chi connectivity index (χ4n) is 3.44. The molecular formula is C24H25N3O2. The van der Waals surface area contributed by atoms with Gasteiger partial charge in [0.05, 0.1) is 24.6 Å². The van der Waals surface area contributed by atoms with Crippen molar-refractivity contribution in [2.75, 3.05) is 41.8 Å². The van der Waals surface area contributed by atoms with Crippen LogP contribution in [-0.2, 0) is 4.74 Å². The van der Waals surface area contributed by atoms with Crippen molar-refractivity contribution in [2.24, 2.45) is 0 Å². The van der Waals surface area contributed by atoms with Crippen LogP contribution in [0.2, 0.25) is 0 Å². The van der Waals surface area contributed by atoms with Crippen molar-refractivity contribution in [2.45, 2.75) is 6.92 Å². The van der Waals surface area contributed by atoms with Gasteiger partial charge in [0.2, 0.25) is 0 Å². The van der Waals surface area contributed by atoms with Crippen molar-refractivity contribution < 1.29 is 9.53 Å². The van der Waals surface area contributed by atoms with Crippen LogP contribution in [0, 0.1) is 6.92 Å². The topological polar surface area (TPSA) is 53.6 Å². The van der Waals surface area contributed by atoms with Gasteiger partial charge in [-0.05, 0) is 55.5 Å². The van der Waals surface area contributed by atoms with Crippen LogP contribution < -0.4 is 15.5 Å². The van der Waals surface area contributed by atoms with Crippen molar-refractivity contribution in [1.82, 2.24) is 0 Å². The van der Waals surface area contributed by atoms with Gasteiger partial charge in [0.1, 0.15) is 0 Å². The predicted octanol–water partition coefficient (Wildman–Crippen LogP) is 4.83. The molecule has 0 aromatic heterocycles. The molecule has 0 radical (unpaired) electrons. The number of hydrogen-bond donors (Lipinski definition) is 2. The van der Waals surface area contributed by atoms with Crippen molar-refractivity contribution in [3.05, 3.63) is 83.9 Å². The van der Waals surface area contributed by atoms with E-state index >= 15 is 0 Å². The lowest BCUT2D eigenvalue weighted by Gasteiger charge is -2.30. The van der Waals surface area contributed by atoms with Gasteiger partial charge in [-0.25, -0.2) is 0 Å². The Morgan fingerprint density at radius 1 is 0.897 bits per heavy atom. The van der Waals surface area contributed by atoms with E-state index in [4.69, 9.17) is 4.74 Å². The van der Waals surface area contributed by atoms with Crippen LogP contribution in [0.15, 0.2) is 72.8 Å². The summed E-state index contributed by atoms with van der Waals surface area (Å²) in [6.45, 7) is 5.27. The molecule has 0 aliphatic carbocycles. The Balaban J connectivity index is 1.44. The quantitative estimate of drug-likeness (QED) is 0.659. The molecule has 3 aromatic carbocycles. The second-order valence-electron chi connectivity index (χ2n) is 7.14. The molecular weight excluding hydrogens is 362 g/mol. The van der Waals surface area contributed by atoms with E-state index in [1.165, 1.54) is 5.69 Å². The first-order chi connectivity index (χ1) is 14.2. The maximum atomic E-state index is 12.4. The number of ether oxygens (including phenoxy) is 1. The van der Waals surface area contributed by atoms with Gasteiger partial charge in [0.25, 0.3) is 5.91 Å². The lowest BCUT2D eigenvalue weighted by Crippen LogP contribution is -2.36. The number of aryl methyl sites for hydroxylation is 1. The molecule has 29 heavy (non-hydrogen) atoms. The SMILES string of the molecule is Cc1cccc(C(=O)Nc2ccc(Nc3ccccc3N3CCOCC3)cc2)c1. The average molecular weight is 387 g/mol. The molecule has 5 heteroatoms. The van der Waals surface area contributed by atoms with E-state index in [9.17, 15) is 4.79 Å². The molecule has 0 unspecified atom stereocenters. The molecule has 1 amide bonds. The summed E-state index contributed by atoms with van der Waals surface area (Å²) in [7, 11) is 0. The highest BCUT2D eigenvalue weighted by molar-refractivity contribution is 6.04. The Labute approximate surface area is 171 Å². The number of amides is 1. The summed E-state index contributed by atoms with van der Waals surface area (Å²) < 4.78 is 5.47. The maximum Gasteiger partial charge on any atom is 0.255 e. The summed E-state index contributed by atoms with van der Waals surface area (Å²) in [4.78, 5) is 14.8. The van der Waals surface area contributed by atoms with Crippen LogP contribution in [0.4, 0.5) is 22.7 Å². The molecule has 148 valence electrons. The molecule has 1 heterocycles. The molecule has 0 bridgehead atoms. The molecule has 3 aromatic rings. The molecule has 1 aliphatic heterocycles. The smallest absolute Gasteiger partial charge is 0.255 e. The largest absolute Gasteiger partial charge is 0.378 e. The summed E-state index contributed by atoms with van der Waals surface area (Å²) in [5.74, 6) is -0.105. The van der Waals surface area contributed by atoms with E-state index in [1.54, 1.807) is 0 Å². The Kier molecular flexibility index (Phi) is 5.77. The van der Waals surface area contributed by atoms with Gasteiger partial charge >= 0.3 is 0 Å². The van der Waals surface area contributed by atoms with Crippen molar-refractivity contribution >= 4 is 28.7 Å². The minimum atomic E-state index is -0.105. The third-order valence-corrected chi connectivity index (χ3v) is 4.96. The molecule has 4 rings (SSSR count). The highest BCUT2D eigenvalue weighted by atomic mass is 16.5. The van der Waals surface area contributed by atoms with Crippen molar-refractivity contribution in [1.29, 1.82) is 0 Å². The van der Waals surface area contributed by atoms with Gasteiger partial charge in [0.15, 0.2) is 0 Å². The number of carbonyl (C=O) groups is 1. The molecule has 5 nitrogen and oxygen atoms in total. The van der Waals surface area contributed by atoms with Crippen LogP contribution in [0.5, 0.6) is 0 Å². The highest BCUT2D eigenvalue weighted by Gasteiger charge is 2.14. The normalized spacial score (nSPS) is 13.8. The van der Waals surface area contributed by atoms with Gasteiger partial charge < -0.3 is 20.3 Å². The van der Waals surface area contributed by atoms with Gasteiger partial charge in [0, 0.05) is 30.0 Å². The number of anilines is 4. The van der Waals surface area contributed by atoms with Crippen molar-refractivity contribution in [3.63, 3.8) is 0 Å². The number of nitrogens with one attached hydrogen (secondary N) is 2. The monoisotopic (exact) mass is 387 g/mol. The second-order valence-corrected chi connectivity index (χ2v) is 7.14. The third kappa shape index (κ3) is 4.76. The van der Waals surface area contributed by atoms with E-state index in [0.717, 1.165) is 48.9 Å². The number of benzene rings is 3. The zero-order valence-corrected chi connectivity index (χ0v) is 16.5. The summed E-state index contributed by atoms with van der Waals surface area (Å²) in [6.07, 6.45) is 0. The van der Waals surface area contributed by atoms with Crippen LogP contribution in [0.25, 0.3) is 0 Å². The Hall–Kier alpha value is -3.31. The maximum absolute atomic E-state index is 12.4. The van der Waals surface area contributed by atoms with Crippen molar-refractivity contribution in [3.8, 4) is 0 Å². The number of morpholine rings is 1. The summed E-state index contributed by atoms with van der Waals surface area (Å²) in [6, 6.07) is 23.6. The molecule has 0 atom stereocenters. The molecule has 2 N–H and O–H groups in total. The lowest BCUT2D eigenvalue weighted by atomic mass is 10.1. The van der Waals surface area contributed by atoms with Gasteiger partial charge in [-0.1, -0.05) is 29.8 Å². The van der Waals surface area contributed by atoms with E-state index in [1.807, 2.05) is 61.5 Å².